The highest BCUT2D eigenvalue weighted by atomic mass is 16.5. The molecule has 1 unspecified atom stereocenters. The van der Waals surface area contributed by atoms with Crippen LogP contribution in [0, 0.1) is 5.92 Å². The van der Waals surface area contributed by atoms with Crippen LogP contribution in [-0.4, -0.2) is 63.7 Å². The predicted molar refractivity (Wildman–Crippen MR) is 112 cm³/mol. The molecule has 1 aromatic rings. The zero-order chi connectivity index (χ0) is 20.5. The Morgan fingerprint density at radius 1 is 1.29 bits per heavy atom. The van der Waals surface area contributed by atoms with E-state index in [0.717, 1.165) is 56.4 Å². The van der Waals surface area contributed by atoms with Crippen molar-refractivity contribution in [3.8, 4) is 11.5 Å². The van der Waals surface area contributed by atoms with E-state index < -0.39 is 0 Å². The largest absolute Gasteiger partial charge is 0.493 e. The van der Waals surface area contributed by atoms with Gasteiger partial charge in [0.15, 0.2) is 17.5 Å². The number of carbonyl (C=O) groups excluding carboxylic acids is 1. The van der Waals surface area contributed by atoms with E-state index in [9.17, 15) is 4.79 Å². The van der Waals surface area contributed by atoms with Crippen LogP contribution < -0.4 is 20.1 Å². The molecule has 0 bridgehead atoms. The van der Waals surface area contributed by atoms with Crippen molar-refractivity contribution in [2.45, 2.75) is 39.2 Å². The fraction of sp³-hybridized carbons (Fsp3) is 0.619. The van der Waals surface area contributed by atoms with E-state index in [1.165, 1.54) is 5.56 Å². The molecule has 2 rings (SSSR count). The molecule has 0 radical (unpaired) electrons. The second-order valence-corrected chi connectivity index (χ2v) is 7.36. The number of nitrogens with one attached hydrogen (secondary N) is 2. The van der Waals surface area contributed by atoms with Gasteiger partial charge in [-0.1, -0.05) is 19.9 Å². The number of aliphatic imine (C=N–C) groups is 1. The minimum atomic E-state index is 0.0489. The van der Waals surface area contributed by atoms with Gasteiger partial charge in [-0.05, 0) is 37.0 Å². The molecule has 0 spiro atoms. The molecular formula is C21H34N4O3. The first-order valence-corrected chi connectivity index (χ1v) is 9.95. The smallest absolute Gasteiger partial charge is 0.225 e. The van der Waals surface area contributed by atoms with Crippen LogP contribution in [0.4, 0.5) is 0 Å². The lowest BCUT2D eigenvalue weighted by atomic mass is 10.1. The first-order valence-electron chi connectivity index (χ1n) is 9.95. The number of methoxy groups -OCH3 is 2. The zero-order valence-electron chi connectivity index (χ0n) is 17.7. The summed E-state index contributed by atoms with van der Waals surface area (Å²) in [7, 11) is 5.07. The lowest BCUT2D eigenvalue weighted by Crippen LogP contribution is -2.45. The fourth-order valence-electron chi connectivity index (χ4n) is 3.37. The Morgan fingerprint density at radius 2 is 2.04 bits per heavy atom. The molecule has 7 heteroatoms. The van der Waals surface area contributed by atoms with Crippen molar-refractivity contribution < 1.29 is 14.3 Å². The summed E-state index contributed by atoms with van der Waals surface area (Å²) in [4.78, 5) is 18.4. The van der Waals surface area contributed by atoms with Crippen LogP contribution in [0.2, 0.25) is 0 Å². The SMILES string of the molecule is CN=C(NCCCc1ccc(OC)c(OC)c1)NC1CCN(C(=O)C(C)C)C1. The van der Waals surface area contributed by atoms with Gasteiger partial charge < -0.3 is 25.0 Å². The van der Waals surface area contributed by atoms with Crippen molar-refractivity contribution in [1.82, 2.24) is 15.5 Å². The molecule has 1 fully saturated rings. The second kappa shape index (κ2) is 10.8. The molecule has 28 heavy (non-hydrogen) atoms. The summed E-state index contributed by atoms with van der Waals surface area (Å²) in [5, 5.41) is 6.79. The molecule has 0 aromatic heterocycles. The summed E-state index contributed by atoms with van der Waals surface area (Å²) in [6, 6.07) is 6.27. The minimum absolute atomic E-state index is 0.0489. The Kier molecular flexibility index (Phi) is 8.42. The minimum Gasteiger partial charge on any atom is -0.493 e. The lowest BCUT2D eigenvalue weighted by molar-refractivity contribution is -0.133. The van der Waals surface area contributed by atoms with Crippen LogP contribution in [0.15, 0.2) is 23.2 Å². The highest BCUT2D eigenvalue weighted by Gasteiger charge is 2.27. The molecule has 1 atom stereocenters. The van der Waals surface area contributed by atoms with Crippen LogP contribution in [0.5, 0.6) is 11.5 Å². The van der Waals surface area contributed by atoms with Crippen molar-refractivity contribution in [3.05, 3.63) is 23.8 Å². The fourth-order valence-corrected chi connectivity index (χ4v) is 3.37. The summed E-state index contributed by atoms with van der Waals surface area (Å²) in [6.07, 6.45) is 2.86. The number of rotatable bonds is 8. The number of carbonyl (C=O) groups is 1. The third-order valence-electron chi connectivity index (χ3n) is 4.94. The van der Waals surface area contributed by atoms with E-state index in [2.05, 4.69) is 21.7 Å². The summed E-state index contributed by atoms with van der Waals surface area (Å²) in [6.45, 7) is 6.26. The Bertz CT molecular complexity index is 676. The molecule has 1 aliphatic heterocycles. The highest BCUT2D eigenvalue weighted by molar-refractivity contribution is 5.81. The van der Waals surface area contributed by atoms with Crippen molar-refractivity contribution >= 4 is 11.9 Å². The summed E-state index contributed by atoms with van der Waals surface area (Å²) < 4.78 is 10.6. The summed E-state index contributed by atoms with van der Waals surface area (Å²) >= 11 is 0. The molecule has 1 saturated heterocycles. The van der Waals surface area contributed by atoms with E-state index in [4.69, 9.17) is 9.47 Å². The molecule has 1 aliphatic rings. The topological polar surface area (TPSA) is 75.2 Å². The standard InChI is InChI=1S/C21H34N4O3/c1-15(2)20(26)25-12-10-17(14-25)24-21(22-3)23-11-6-7-16-8-9-18(27-4)19(13-16)28-5/h8-9,13,15,17H,6-7,10-12,14H2,1-5H3,(H2,22,23,24). The third-order valence-corrected chi connectivity index (χ3v) is 4.94. The maximum absolute atomic E-state index is 12.1. The van der Waals surface area contributed by atoms with Crippen LogP contribution in [0.1, 0.15) is 32.3 Å². The van der Waals surface area contributed by atoms with E-state index in [0.29, 0.717) is 0 Å². The molecule has 2 N–H and O–H groups in total. The average Bonchev–Trinajstić information content (AvgIpc) is 3.17. The number of aryl methyl sites for hydroxylation is 1. The van der Waals surface area contributed by atoms with E-state index in [1.807, 2.05) is 30.9 Å². The van der Waals surface area contributed by atoms with Crippen LogP contribution in [0.3, 0.4) is 0 Å². The lowest BCUT2D eigenvalue weighted by Gasteiger charge is -2.20. The molecule has 1 aromatic carbocycles. The summed E-state index contributed by atoms with van der Waals surface area (Å²) in [5.41, 5.74) is 1.21. The number of hydrogen-bond donors (Lipinski definition) is 2. The number of amides is 1. The molecule has 156 valence electrons. The maximum atomic E-state index is 12.1. The van der Waals surface area contributed by atoms with Gasteiger partial charge in [-0.2, -0.15) is 0 Å². The van der Waals surface area contributed by atoms with Crippen molar-refractivity contribution in [3.63, 3.8) is 0 Å². The second-order valence-electron chi connectivity index (χ2n) is 7.36. The van der Waals surface area contributed by atoms with E-state index in [1.54, 1.807) is 21.3 Å². The van der Waals surface area contributed by atoms with Gasteiger partial charge in [0.1, 0.15) is 0 Å². The average molecular weight is 391 g/mol. The molecular weight excluding hydrogens is 356 g/mol. The van der Waals surface area contributed by atoms with Gasteiger partial charge in [0.05, 0.1) is 14.2 Å². The molecule has 1 heterocycles. The number of likely N-dealkylation sites (tertiary alicyclic amines) is 1. The van der Waals surface area contributed by atoms with Gasteiger partial charge in [-0.3, -0.25) is 9.79 Å². The molecule has 1 amide bonds. The highest BCUT2D eigenvalue weighted by Crippen LogP contribution is 2.27. The van der Waals surface area contributed by atoms with Gasteiger partial charge >= 0.3 is 0 Å². The number of benzene rings is 1. The van der Waals surface area contributed by atoms with E-state index >= 15 is 0 Å². The zero-order valence-corrected chi connectivity index (χ0v) is 17.7. The van der Waals surface area contributed by atoms with Crippen LogP contribution in [0.25, 0.3) is 0 Å². The molecule has 0 aliphatic carbocycles. The number of nitrogens with zero attached hydrogens (tertiary/aromatic N) is 2. The Morgan fingerprint density at radius 3 is 2.68 bits per heavy atom. The van der Waals surface area contributed by atoms with Crippen molar-refractivity contribution in [2.75, 3.05) is 40.9 Å². The molecule has 0 saturated carbocycles. The Labute approximate surface area is 168 Å². The van der Waals surface area contributed by atoms with Gasteiger partial charge in [0, 0.05) is 38.6 Å². The number of ether oxygens (including phenoxy) is 2. The monoisotopic (exact) mass is 390 g/mol. The van der Waals surface area contributed by atoms with Gasteiger partial charge in [0.25, 0.3) is 0 Å². The first kappa shape index (κ1) is 21.9. The van der Waals surface area contributed by atoms with Crippen molar-refractivity contribution in [1.29, 1.82) is 0 Å². The Balaban J connectivity index is 1.74. The van der Waals surface area contributed by atoms with Gasteiger partial charge in [-0.25, -0.2) is 0 Å². The van der Waals surface area contributed by atoms with Crippen LogP contribution >= 0.6 is 0 Å². The number of guanidine groups is 1. The summed E-state index contributed by atoms with van der Waals surface area (Å²) in [5.74, 6) is 2.56. The molecule has 7 nitrogen and oxygen atoms in total. The van der Waals surface area contributed by atoms with Crippen molar-refractivity contribution in [2.24, 2.45) is 10.9 Å². The first-order chi connectivity index (χ1) is 13.5. The quantitative estimate of drug-likeness (QED) is 0.404. The predicted octanol–water partition coefficient (Wildman–Crippen LogP) is 2.06. The maximum Gasteiger partial charge on any atom is 0.225 e. The van der Waals surface area contributed by atoms with Gasteiger partial charge in [0.2, 0.25) is 5.91 Å². The Hall–Kier alpha value is -2.44. The third kappa shape index (κ3) is 6.04. The normalized spacial score (nSPS) is 17.0. The van der Waals surface area contributed by atoms with Gasteiger partial charge in [-0.15, -0.1) is 0 Å². The van der Waals surface area contributed by atoms with Crippen LogP contribution in [-0.2, 0) is 11.2 Å². The van der Waals surface area contributed by atoms with E-state index in [-0.39, 0.29) is 17.9 Å². The number of hydrogen-bond acceptors (Lipinski definition) is 4.